The summed E-state index contributed by atoms with van der Waals surface area (Å²) in [5.41, 5.74) is -0.0942. The lowest BCUT2D eigenvalue weighted by Gasteiger charge is -2.40. The third kappa shape index (κ3) is 4.52. The molecule has 12 nitrogen and oxygen atoms in total. The summed E-state index contributed by atoms with van der Waals surface area (Å²) < 4.78 is 39.2. The molecule has 2 aromatic heterocycles. The van der Waals surface area contributed by atoms with Gasteiger partial charge in [-0.25, -0.2) is 13.2 Å². The molecule has 1 saturated carbocycles. The number of carbonyl (C=O) groups is 3. The Balaban J connectivity index is 1.24. The van der Waals surface area contributed by atoms with Crippen LogP contribution in [0.5, 0.6) is 5.95 Å². The molecule has 3 fully saturated rings. The third-order valence-electron chi connectivity index (χ3n) is 8.44. The van der Waals surface area contributed by atoms with Crippen LogP contribution in [-0.2, 0) is 19.6 Å². The van der Waals surface area contributed by atoms with Crippen molar-refractivity contribution in [3.8, 4) is 5.95 Å². The molecule has 3 aliphatic rings. The van der Waals surface area contributed by atoms with Crippen molar-refractivity contribution in [2.45, 2.75) is 68.1 Å². The van der Waals surface area contributed by atoms with Crippen molar-refractivity contribution in [3.05, 3.63) is 59.4 Å². The second kappa shape index (κ2) is 10.1. The van der Waals surface area contributed by atoms with Crippen molar-refractivity contribution in [2.24, 2.45) is 0 Å². The first-order valence-corrected chi connectivity index (χ1v) is 15.1. The Morgan fingerprint density at radius 2 is 1.85 bits per heavy atom. The van der Waals surface area contributed by atoms with E-state index in [1.807, 2.05) is 18.2 Å². The third-order valence-corrected chi connectivity index (χ3v) is 10.3. The maximum Gasteiger partial charge on any atom is 0.415 e. The van der Waals surface area contributed by atoms with E-state index in [1.165, 1.54) is 23.1 Å². The number of rotatable bonds is 5. The average Bonchev–Trinajstić information content (AvgIpc) is 3.63. The summed E-state index contributed by atoms with van der Waals surface area (Å²) in [7, 11) is -4.29. The Labute approximate surface area is 236 Å². The maximum absolute atomic E-state index is 14.1. The fourth-order valence-corrected chi connectivity index (χ4v) is 8.08. The SMILES string of the molecule is Cc1c(OC(=O)NC2(C(=O)N3CCC4C3C(=O)CN4S(=O)(=O)c3cccc[n+]3[O-])CCCCC2)oc2ccccc12. The molecule has 41 heavy (non-hydrogen) atoms. The van der Waals surface area contributed by atoms with Gasteiger partial charge < -0.3 is 24.6 Å². The molecule has 4 heterocycles. The van der Waals surface area contributed by atoms with E-state index in [4.69, 9.17) is 9.15 Å². The van der Waals surface area contributed by atoms with Crippen molar-refractivity contribution in [2.75, 3.05) is 13.1 Å². The number of aromatic nitrogens is 1. The van der Waals surface area contributed by atoms with E-state index in [0.29, 0.717) is 36.8 Å². The monoisotopic (exact) mass is 582 g/mol. The Bertz CT molecular complexity index is 1650. The number of furan rings is 1. The van der Waals surface area contributed by atoms with Crippen LogP contribution in [-0.4, -0.2) is 66.1 Å². The lowest BCUT2D eigenvalue weighted by molar-refractivity contribution is -0.646. The summed E-state index contributed by atoms with van der Waals surface area (Å²) in [6, 6.07) is 9.51. The molecule has 13 heteroatoms. The topological polar surface area (TPSA) is 153 Å². The van der Waals surface area contributed by atoms with Crippen LogP contribution in [0.25, 0.3) is 11.0 Å². The number of pyridine rings is 1. The molecule has 2 saturated heterocycles. The largest absolute Gasteiger partial charge is 0.618 e. The average molecular weight is 583 g/mol. The van der Waals surface area contributed by atoms with Crippen molar-refractivity contribution in [1.82, 2.24) is 14.5 Å². The Kier molecular flexibility index (Phi) is 6.73. The molecule has 2 atom stereocenters. The number of nitrogens with one attached hydrogen (secondary N) is 1. The van der Waals surface area contributed by atoms with E-state index in [2.05, 4.69) is 5.32 Å². The first-order chi connectivity index (χ1) is 19.6. The van der Waals surface area contributed by atoms with E-state index in [9.17, 15) is 28.0 Å². The van der Waals surface area contributed by atoms with Crippen LogP contribution in [0.4, 0.5) is 4.79 Å². The molecule has 2 aliphatic heterocycles. The molecule has 2 unspecified atom stereocenters. The van der Waals surface area contributed by atoms with Crippen LogP contribution in [0.2, 0.25) is 0 Å². The number of fused-ring (bicyclic) bond motifs is 2. The number of ketones is 1. The maximum atomic E-state index is 14.1. The highest BCUT2D eigenvalue weighted by molar-refractivity contribution is 7.89. The number of sulfonamides is 1. The van der Waals surface area contributed by atoms with Crippen LogP contribution in [0, 0.1) is 12.1 Å². The van der Waals surface area contributed by atoms with Gasteiger partial charge in [-0.05, 0) is 38.3 Å². The molecule has 1 aliphatic carbocycles. The number of ether oxygens (including phenoxy) is 1. The second-order valence-corrected chi connectivity index (χ2v) is 12.7. The van der Waals surface area contributed by atoms with Gasteiger partial charge in [-0.1, -0.05) is 37.5 Å². The quantitative estimate of drug-likeness (QED) is 0.356. The Hall–Kier alpha value is -3.97. The summed E-state index contributed by atoms with van der Waals surface area (Å²) in [5.74, 6) is -0.829. The van der Waals surface area contributed by atoms with Crippen LogP contribution >= 0.6 is 0 Å². The zero-order chi connectivity index (χ0) is 28.9. The van der Waals surface area contributed by atoms with Gasteiger partial charge in [0.1, 0.15) is 17.2 Å². The number of likely N-dealkylation sites (tertiary alicyclic amines) is 1. The molecule has 1 N–H and O–H groups in total. The fourth-order valence-electron chi connectivity index (χ4n) is 6.43. The van der Waals surface area contributed by atoms with Crippen molar-refractivity contribution in [1.29, 1.82) is 0 Å². The van der Waals surface area contributed by atoms with Gasteiger partial charge in [0.05, 0.1) is 12.6 Å². The lowest BCUT2D eigenvalue weighted by Crippen LogP contribution is -2.62. The zero-order valence-electron chi connectivity index (χ0n) is 22.4. The summed E-state index contributed by atoms with van der Waals surface area (Å²) in [6.45, 7) is 1.47. The van der Waals surface area contributed by atoms with Gasteiger partial charge >= 0.3 is 21.1 Å². The van der Waals surface area contributed by atoms with Gasteiger partial charge in [0.2, 0.25) is 5.91 Å². The second-order valence-electron chi connectivity index (χ2n) is 10.8. The molecule has 0 radical (unpaired) electrons. The summed E-state index contributed by atoms with van der Waals surface area (Å²) >= 11 is 0. The molecular weight excluding hydrogens is 552 g/mol. The van der Waals surface area contributed by atoms with Gasteiger partial charge in [-0.15, -0.1) is 0 Å². The highest BCUT2D eigenvalue weighted by atomic mass is 32.2. The summed E-state index contributed by atoms with van der Waals surface area (Å²) in [5, 5.41) is 15.3. The van der Waals surface area contributed by atoms with Crippen LogP contribution in [0.15, 0.2) is 58.1 Å². The predicted molar refractivity (Wildman–Crippen MR) is 144 cm³/mol. The number of aryl methyl sites for hydroxylation is 1. The van der Waals surface area contributed by atoms with Crippen molar-refractivity contribution >= 4 is 38.8 Å². The standard InChI is InChI=1S/C28H30N4O8S/c1-18-19-9-3-4-10-22(19)39-25(18)40-27(35)29-28(13-6-2-7-14-28)26(34)30-16-12-20-24(30)21(33)17-32(20)41(37,38)23-11-5-8-15-31(23)36/h3-5,8-11,15,20,24H,2,6-7,12-14,16-17H2,1H3,(H,29,35). The number of nitrogens with zero attached hydrogens (tertiary/aromatic N) is 3. The molecule has 6 rings (SSSR count). The minimum atomic E-state index is -4.29. The molecule has 1 aromatic carbocycles. The summed E-state index contributed by atoms with van der Waals surface area (Å²) in [6.07, 6.45) is 3.42. The fraction of sp³-hybridized carbons (Fsp3) is 0.429. The summed E-state index contributed by atoms with van der Waals surface area (Å²) in [4.78, 5) is 41.9. The zero-order valence-corrected chi connectivity index (χ0v) is 23.3. The molecule has 0 bridgehead atoms. The number of Topliss-reactive ketones (excluding diaryl/α,β-unsaturated/α-hetero) is 1. The number of amides is 2. The van der Waals surface area contributed by atoms with E-state index >= 15 is 0 Å². The smallest absolute Gasteiger partial charge is 0.415 e. The van der Waals surface area contributed by atoms with Gasteiger partial charge in [0, 0.05) is 29.6 Å². The van der Waals surface area contributed by atoms with E-state index in [0.717, 1.165) is 22.3 Å². The molecule has 2 amide bonds. The number of para-hydroxylation sites is 1. The number of hydrogen-bond donors (Lipinski definition) is 1. The van der Waals surface area contributed by atoms with Crippen LogP contribution < -0.4 is 14.8 Å². The minimum Gasteiger partial charge on any atom is -0.618 e. The van der Waals surface area contributed by atoms with Gasteiger partial charge in [0.25, 0.3) is 5.95 Å². The van der Waals surface area contributed by atoms with Crippen molar-refractivity contribution in [3.63, 3.8) is 0 Å². The first kappa shape index (κ1) is 27.2. The van der Waals surface area contributed by atoms with Crippen LogP contribution in [0.1, 0.15) is 44.1 Å². The highest BCUT2D eigenvalue weighted by Gasteiger charge is 2.57. The molecule has 216 valence electrons. The Morgan fingerprint density at radius 3 is 2.59 bits per heavy atom. The van der Waals surface area contributed by atoms with E-state index in [1.54, 1.807) is 13.0 Å². The van der Waals surface area contributed by atoms with Gasteiger partial charge in [-0.3, -0.25) is 9.59 Å². The highest BCUT2D eigenvalue weighted by Crippen LogP contribution is 2.38. The van der Waals surface area contributed by atoms with Gasteiger partial charge in [0.15, 0.2) is 12.0 Å². The molecule has 0 spiro atoms. The van der Waals surface area contributed by atoms with Crippen LogP contribution in [0.3, 0.4) is 0 Å². The van der Waals surface area contributed by atoms with Crippen molar-refractivity contribution < 1.29 is 36.7 Å². The minimum absolute atomic E-state index is 0.0340. The van der Waals surface area contributed by atoms with E-state index in [-0.39, 0.29) is 23.6 Å². The number of hydrogen-bond acceptors (Lipinski definition) is 8. The lowest BCUT2D eigenvalue weighted by atomic mass is 9.80. The predicted octanol–water partition coefficient (Wildman–Crippen LogP) is 2.41. The van der Waals surface area contributed by atoms with Gasteiger partial charge in [-0.2, -0.15) is 9.04 Å². The normalized spacial score (nSPS) is 22.6. The first-order valence-electron chi connectivity index (χ1n) is 13.6. The Morgan fingerprint density at radius 1 is 1.12 bits per heavy atom. The number of carbonyl (C=O) groups excluding carboxylic acids is 3. The molecule has 3 aromatic rings. The van der Waals surface area contributed by atoms with E-state index < -0.39 is 57.0 Å². The number of benzene rings is 1. The molecular formula is C28H30N4O8S.